The van der Waals surface area contributed by atoms with Crippen molar-refractivity contribution in [2.45, 2.75) is 39.3 Å². The van der Waals surface area contributed by atoms with Gasteiger partial charge >= 0.3 is 35.6 Å². The smallest absolute Gasteiger partial charge is 0.172 e. The normalized spacial score (nSPS) is 10.9. The van der Waals surface area contributed by atoms with E-state index in [1.165, 1.54) is 0 Å². The van der Waals surface area contributed by atoms with E-state index in [0.29, 0.717) is 0 Å². The fraction of sp³-hybridized carbons (Fsp3) is 0.375. The molecule has 0 saturated carbocycles. The molecule has 0 saturated heterocycles. The van der Waals surface area contributed by atoms with Crippen molar-refractivity contribution in [2.75, 3.05) is 0 Å². The predicted molar refractivity (Wildman–Crippen MR) is 102 cm³/mol. The first-order valence-electron chi connectivity index (χ1n) is 7.03. The summed E-state index contributed by atoms with van der Waals surface area (Å²) in [6.45, 7) is 14.5. The SMILES string of the molecule is C[Si](C)(C)c1cc[c-]([Si](C)(C)C)c1.[Cl][Ti][Cl].c1cc[cH-]c1. The molecule has 2 aromatic rings. The Balaban J connectivity index is 0.000000410. The van der Waals surface area contributed by atoms with Crippen molar-refractivity contribution in [2.24, 2.45) is 0 Å². The van der Waals surface area contributed by atoms with Crippen LogP contribution in [-0.2, 0) is 17.0 Å². The first kappa shape index (κ1) is 21.4. The predicted octanol–water partition coefficient (Wildman–Crippen LogP) is 5.28. The van der Waals surface area contributed by atoms with Crippen LogP contribution in [0, 0.1) is 0 Å². The maximum absolute atomic E-state index is 4.89. The molecule has 0 nitrogen and oxygen atoms in total. The monoisotopic (exact) mass is 392 g/mol. The van der Waals surface area contributed by atoms with Gasteiger partial charge in [0.2, 0.25) is 0 Å². The van der Waals surface area contributed by atoms with Gasteiger partial charge in [0.05, 0.1) is 0 Å². The molecular formula is C16H26Cl2Si2Ti-2. The van der Waals surface area contributed by atoms with Gasteiger partial charge in [-0.3, -0.25) is 0 Å². The summed E-state index contributed by atoms with van der Waals surface area (Å²) in [5.74, 6) is 0. The van der Waals surface area contributed by atoms with Crippen LogP contribution in [0.2, 0.25) is 39.3 Å². The molecule has 0 aliphatic carbocycles. The van der Waals surface area contributed by atoms with Crippen molar-refractivity contribution in [3.63, 3.8) is 0 Å². The molecule has 0 spiro atoms. The Morgan fingerprint density at radius 2 is 1.48 bits per heavy atom. The van der Waals surface area contributed by atoms with E-state index in [-0.39, 0.29) is 0 Å². The maximum Gasteiger partial charge on any atom is -0.172 e. The third-order valence-electron chi connectivity index (χ3n) is 3.04. The molecule has 0 aliphatic rings. The molecule has 0 bridgehead atoms. The molecule has 0 unspecified atom stereocenters. The summed E-state index contributed by atoms with van der Waals surface area (Å²) < 4.78 is 0. The molecule has 0 amide bonds. The van der Waals surface area contributed by atoms with Crippen LogP contribution in [0.1, 0.15) is 0 Å². The van der Waals surface area contributed by atoms with Gasteiger partial charge in [-0.05, 0) is 0 Å². The molecule has 0 radical (unpaired) electrons. The molecule has 0 fully saturated rings. The number of hydrogen-bond acceptors (Lipinski definition) is 0. The quantitative estimate of drug-likeness (QED) is 0.481. The Labute approximate surface area is 149 Å². The van der Waals surface area contributed by atoms with Gasteiger partial charge in [0, 0.05) is 16.1 Å². The molecule has 0 aliphatic heterocycles. The van der Waals surface area contributed by atoms with Gasteiger partial charge in [0.25, 0.3) is 0 Å². The summed E-state index contributed by atoms with van der Waals surface area (Å²) in [6, 6.07) is 17.2. The summed E-state index contributed by atoms with van der Waals surface area (Å²) in [5.41, 5.74) is 0. The molecule has 0 atom stereocenters. The number of rotatable bonds is 2. The first-order chi connectivity index (χ1) is 9.62. The summed E-state index contributed by atoms with van der Waals surface area (Å²) in [7, 11) is 7.64. The van der Waals surface area contributed by atoms with Crippen molar-refractivity contribution in [1.29, 1.82) is 0 Å². The zero-order valence-electron chi connectivity index (χ0n) is 13.9. The minimum absolute atomic E-state index is 0.556. The summed E-state index contributed by atoms with van der Waals surface area (Å²) in [5, 5.41) is 3.23. The van der Waals surface area contributed by atoms with Crippen LogP contribution in [-0.4, -0.2) is 16.1 Å². The van der Waals surface area contributed by atoms with Crippen molar-refractivity contribution in [1.82, 2.24) is 0 Å². The van der Waals surface area contributed by atoms with E-state index in [9.17, 15) is 0 Å². The van der Waals surface area contributed by atoms with Crippen molar-refractivity contribution >= 4 is 45.1 Å². The molecule has 0 aromatic heterocycles. The van der Waals surface area contributed by atoms with Crippen molar-refractivity contribution in [3.05, 3.63) is 48.5 Å². The van der Waals surface area contributed by atoms with Gasteiger partial charge in [-0.2, -0.15) is 35.5 Å². The van der Waals surface area contributed by atoms with Crippen LogP contribution >= 0.6 is 18.6 Å². The van der Waals surface area contributed by atoms with E-state index in [4.69, 9.17) is 18.6 Å². The van der Waals surface area contributed by atoms with Crippen LogP contribution < -0.4 is 10.4 Å². The van der Waals surface area contributed by atoms with Gasteiger partial charge in [0.1, 0.15) is 0 Å². The topological polar surface area (TPSA) is 0 Å². The largest absolute Gasteiger partial charge is 0.214 e. The van der Waals surface area contributed by atoms with Crippen molar-refractivity contribution in [3.8, 4) is 0 Å². The first-order valence-corrected chi connectivity index (χ1v) is 18.3. The minimum Gasteiger partial charge on any atom is -0.214 e. The minimum atomic E-state index is -1.07. The fourth-order valence-electron chi connectivity index (χ4n) is 1.70. The Hall–Kier alpha value is 0.428. The molecule has 0 N–H and O–H groups in total. The van der Waals surface area contributed by atoms with E-state index in [1.807, 2.05) is 30.3 Å². The van der Waals surface area contributed by atoms with Gasteiger partial charge in [-0.1, -0.05) is 39.3 Å². The second kappa shape index (κ2) is 10.2. The van der Waals surface area contributed by atoms with Gasteiger partial charge in [-0.15, -0.1) is 0 Å². The Morgan fingerprint density at radius 1 is 1.00 bits per heavy atom. The summed E-state index contributed by atoms with van der Waals surface area (Å²) in [4.78, 5) is 0. The Bertz CT molecular complexity index is 419. The average Bonchev–Trinajstić information content (AvgIpc) is 3.04. The summed E-state index contributed by atoms with van der Waals surface area (Å²) >= 11 is -0.556. The Morgan fingerprint density at radius 3 is 1.67 bits per heavy atom. The molecule has 0 heterocycles. The maximum atomic E-state index is 4.89. The molecule has 5 heteroatoms. The van der Waals surface area contributed by atoms with E-state index in [1.54, 1.807) is 10.4 Å². The number of hydrogen-bond donors (Lipinski definition) is 0. The third kappa shape index (κ3) is 9.93. The van der Waals surface area contributed by atoms with Crippen LogP contribution in [0.5, 0.6) is 0 Å². The van der Waals surface area contributed by atoms with E-state index in [0.717, 1.165) is 0 Å². The molecule has 2 rings (SSSR count). The van der Waals surface area contributed by atoms with Gasteiger partial charge in [-0.25, -0.2) is 23.4 Å². The standard InChI is InChI=1S/C11H21Si2.C5H5.2ClH.Ti/c1-12(2,3)10-7-8-11(9-10)13(4,5)6;1-2-4-5-3-1;;;/h7-9H,1-6H3;1-5H;2*1H;/q2*-1;;;+2/p-2. The van der Waals surface area contributed by atoms with Crippen LogP contribution in [0.3, 0.4) is 0 Å². The molecule has 118 valence electrons. The third-order valence-corrected chi connectivity index (χ3v) is 7.13. The van der Waals surface area contributed by atoms with E-state index >= 15 is 0 Å². The zero-order valence-corrected chi connectivity index (χ0v) is 18.9. The fourth-order valence-corrected chi connectivity index (χ4v) is 4.19. The van der Waals surface area contributed by atoms with E-state index in [2.05, 4.69) is 57.5 Å². The summed E-state index contributed by atoms with van der Waals surface area (Å²) in [6.07, 6.45) is 0. The van der Waals surface area contributed by atoms with Crippen LogP contribution in [0.15, 0.2) is 48.5 Å². The second-order valence-corrected chi connectivity index (χ2v) is 19.7. The second-order valence-electron chi connectivity index (χ2n) is 6.92. The molecule has 21 heavy (non-hydrogen) atoms. The van der Waals surface area contributed by atoms with Crippen molar-refractivity contribution < 1.29 is 17.0 Å². The van der Waals surface area contributed by atoms with Gasteiger partial charge in [0.15, 0.2) is 0 Å². The number of halogens is 2. The van der Waals surface area contributed by atoms with Crippen LogP contribution in [0.25, 0.3) is 0 Å². The molecule has 2 aromatic carbocycles. The zero-order chi connectivity index (χ0) is 16.5. The average molecular weight is 393 g/mol. The van der Waals surface area contributed by atoms with Gasteiger partial charge < -0.3 is 0 Å². The van der Waals surface area contributed by atoms with Crippen LogP contribution in [0.4, 0.5) is 0 Å². The molecular weight excluding hydrogens is 367 g/mol. The van der Waals surface area contributed by atoms with E-state index < -0.39 is 33.2 Å². The Kier molecular flexibility index (Phi) is 10.5.